The summed E-state index contributed by atoms with van der Waals surface area (Å²) in [5.74, 6) is 3.72. The summed E-state index contributed by atoms with van der Waals surface area (Å²) in [7, 11) is 0. The fraction of sp³-hybridized carbons (Fsp3) is 0.667. The quantitative estimate of drug-likeness (QED) is 0.373. The van der Waals surface area contributed by atoms with E-state index in [1.165, 1.54) is 0 Å². The average Bonchev–Trinajstić information content (AvgIpc) is 2.39. The predicted octanol–water partition coefficient (Wildman–Crippen LogP) is -0.773. The van der Waals surface area contributed by atoms with E-state index in [0.29, 0.717) is 12.8 Å². The van der Waals surface area contributed by atoms with Crippen LogP contribution in [0.1, 0.15) is 32.1 Å². The van der Waals surface area contributed by atoms with Crippen molar-refractivity contribution in [3.05, 3.63) is 0 Å². The van der Waals surface area contributed by atoms with Crippen LogP contribution in [0, 0.1) is 0 Å². The van der Waals surface area contributed by atoms with Crippen molar-refractivity contribution in [2.45, 2.75) is 32.1 Å². The molecule has 1 aliphatic heterocycles. The van der Waals surface area contributed by atoms with Crippen LogP contribution >= 0.6 is 0 Å². The van der Waals surface area contributed by atoms with E-state index in [2.05, 4.69) is 4.84 Å². The summed E-state index contributed by atoms with van der Waals surface area (Å²) in [6.07, 6.45) is 2.10. The first-order valence-electron chi connectivity index (χ1n) is 5.13. The number of carbonyl (C=O) groups is 3. The van der Waals surface area contributed by atoms with Gasteiger partial charge in [-0.05, 0) is 12.8 Å². The summed E-state index contributed by atoms with van der Waals surface area (Å²) in [5.41, 5.74) is 1.75. The molecule has 0 aromatic carbocycles. The second-order valence-electron chi connectivity index (χ2n) is 3.49. The van der Waals surface area contributed by atoms with Crippen molar-refractivity contribution >= 4 is 17.8 Å². The molecule has 0 bridgehead atoms. The highest BCUT2D eigenvalue weighted by Crippen LogP contribution is 2.12. The average molecular weight is 229 g/mol. The molecule has 0 atom stereocenters. The first-order chi connectivity index (χ1) is 7.65. The molecule has 1 rings (SSSR count). The molecule has 2 amide bonds. The van der Waals surface area contributed by atoms with Crippen molar-refractivity contribution in [3.8, 4) is 0 Å². The van der Waals surface area contributed by atoms with Gasteiger partial charge in [-0.25, -0.2) is 5.84 Å². The number of hydrogen-bond acceptors (Lipinski definition) is 6. The Morgan fingerprint density at radius 1 is 1.31 bits per heavy atom. The van der Waals surface area contributed by atoms with Crippen LogP contribution in [-0.4, -0.2) is 29.2 Å². The minimum atomic E-state index is -0.604. The SMILES string of the molecule is NNOC(=O)CCN1C(=O)CCCCC1=O. The number of amides is 2. The summed E-state index contributed by atoms with van der Waals surface area (Å²) in [5, 5.41) is 0. The first kappa shape index (κ1) is 12.6. The van der Waals surface area contributed by atoms with Gasteiger partial charge in [0.15, 0.2) is 0 Å². The summed E-state index contributed by atoms with van der Waals surface area (Å²) in [4.78, 5) is 39.4. The van der Waals surface area contributed by atoms with E-state index in [-0.39, 0.29) is 24.8 Å². The van der Waals surface area contributed by atoms with E-state index in [4.69, 9.17) is 5.84 Å². The minimum Gasteiger partial charge on any atom is -0.356 e. The lowest BCUT2D eigenvalue weighted by molar-refractivity contribution is -0.152. The number of hydrogen-bond donors (Lipinski definition) is 2. The first-order valence-corrected chi connectivity index (χ1v) is 5.13. The Morgan fingerprint density at radius 2 is 1.88 bits per heavy atom. The number of carbonyl (C=O) groups excluding carboxylic acids is 3. The maximum Gasteiger partial charge on any atom is 0.328 e. The topological polar surface area (TPSA) is 102 Å². The molecule has 3 N–H and O–H groups in total. The number of nitrogens with two attached hydrogens (primary N) is 1. The van der Waals surface area contributed by atoms with Crippen molar-refractivity contribution in [1.29, 1.82) is 0 Å². The van der Waals surface area contributed by atoms with Crippen LogP contribution in [0.3, 0.4) is 0 Å². The zero-order chi connectivity index (χ0) is 12.0. The third-order valence-electron chi connectivity index (χ3n) is 2.35. The Morgan fingerprint density at radius 3 is 2.38 bits per heavy atom. The number of imide groups is 1. The Balaban J connectivity index is 2.46. The van der Waals surface area contributed by atoms with E-state index in [0.717, 1.165) is 17.7 Å². The Hall–Kier alpha value is -1.47. The Labute approximate surface area is 92.8 Å². The Bertz CT molecular complexity index is 274. The largest absolute Gasteiger partial charge is 0.356 e. The van der Waals surface area contributed by atoms with Crippen LogP contribution in [0.25, 0.3) is 0 Å². The molecule has 0 radical (unpaired) electrons. The van der Waals surface area contributed by atoms with Gasteiger partial charge < -0.3 is 4.84 Å². The van der Waals surface area contributed by atoms with Gasteiger partial charge in [-0.1, -0.05) is 5.59 Å². The smallest absolute Gasteiger partial charge is 0.328 e. The number of rotatable bonds is 4. The summed E-state index contributed by atoms with van der Waals surface area (Å²) >= 11 is 0. The molecule has 0 unspecified atom stereocenters. The molecule has 1 saturated heterocycles. The zero-order valence-electron chi connectivity index (χ0n) is 8.90. The van der Waals surface area contributed by atoms with E-state index in [1.54, 1.807) is 5.59 Å². The highest BCUT2D eigenvalue weighted by molar-refractivity contribution is 5.96. The van der Waals surface area contributed by atoms with Crippen LogP contribution in [0.2, 0.25) is 0 Å². The van der Waals surface area contributed by atoms with Gasteiger partial charge in [0.2, 0.25) is 11.8 Å². The van der Waals surface area contributed by atoms with Gasteiger partial charge >= 0.3 is 5.97 Å². The summed E-state index contributed by atoms with van der Waals surface area (Å²) < 4.78 is 0. The minimum absolute atomic E-state index is 0.0537. The molecule has 1 fully saturated rings. The summed E-state index contributed by atoms with van der Waals surface area (Å²) in [6.45, 7) is 0.0537. The zero-order valence-corrected chi connectivity index (χ0v) is 8.90. The second-order valence-corrected chi connectivity index (χ2v) is 3.49. The van der Waals surface area contributed by atoms with Crippen molar-refractivity contribution in [2.75, 3.05) is 6.54 Å². The van der Waals surface area contributed by atoms with Crippen molar-refractivity contribution in [3.63, 3.8) is 0 Å². The van der Waals surface area contributed by atoms with Crippen LogP contribution in [0.15, 0.2) is 0 Å². The molecule has 0 aromatic heterocycles. The van der Waals surface area contributed by atoms with Gasteiger partial charge in [0.25, 0.3) is 0 Å². The van der Waals surface area contributed by atoms with E-state index < -0.39 is 5.97 Å². The molecule has 0 spiro atoms. The predicted molar refractivity (Wildman–Crippen MR) is 53.2 cm³/mol. The van der Waals surface area contributed by atoms with Gasteiger partial charge in [0.1, 0.15) is 0 Å². The molecule has 1 aliphatic rings. The van der Waals surface area contributed by atoms with Gasteiger partial charge in [0, 0.05) is 19.4 Å². The summed E-state index contributed by atoms with van der Waals surface area (Å²) in [6, 6.07) is 0. The van der Waals surface area contributed by atoms with Crippen molar-refractivity contribution < 1.29 is 19.2 Å². The lowest BCUT2D eigenvalue weighted by atomic mass is 10.2. The fourth-order valence-electron chi connectivity index (χ4n) is 1.53. The van der Waals surface area contributed by atoms with Crippen molar-refractivity contribution in [1.82, 2.24) is 10.5 Å². The third-order valence-corrected chi connectivity index (χ3v) is 2.35. The highest BCUT2D eigenvalue weighted by atomic mass is 16.7. The highest BCUT2D eigenvalue weighted by Gasteiger charge is 2.24. The van der Waals surface area contributed by atoms with Crippen LogP contribution in [0.5, 0.6) is 0 Å². The Kier molecular flexibility index (Phi) is 4.87. The molecule has 16 heavy (non-hydrogen) atoms. The standard InChI is InChI=1S/C9H15N3O4/c10-11-16-9(15)5-6-12-7(13)3-1-2-4-8(12)14/h11H,1-6,10H2. The molecule has 1 heterocycles. The van der Waals surface area contributed by atoms with Gasteiger partial charge in [-0.2, -0.15) is 0 Å². The molecular weight excluding hydrogens is 214 g/mol. The van der Waals surface area contributed by atoms with Gasteiger partial charge in [-0.3, -0.25) is 19.3 Å². The number of hydrazine groups is 1. The molecule has 90 valence electrons. The van der Waals surface area contributed by atoms with Crippen molar-refractivity contribution in [2.24, 2.45) is 5.84 Å². The molecule has 7 nitrogen and oxygen atoms in total. The molecule has 7 heteroatoms. The van der Waals surface area contributed by atoms with E-state index in [1.807, 2.05) is 0 Å². The second kappa shape index (κ2) is 6.19. The van der Waals surface area contributed by atoms with E-state index >= 15 is 0 Å². The lowest BCUT2D eigenvalue weighted by Gasteiger charge is -2.17. The molecular formula is C9H15N3O4. The van der Waals surface area contributed by atoms with Gasteiger partial charge in [-0.15, -0.1) is 0 Å². The lowest BCUT2D eigenvalue weighted by Crippen LogP contribution is -2.37. The molecule has 0 aromatic rings. The monoisotopic (exact) mass is 229 g/mol. The van der Waals surface area contributed by atoms with Crippen LogP contribution < -0.4 is 11.4 Å². The number of nitrogens with one attached hydrogen (secondary N) is 1. The third kappa shape index (κ3) is 3.59. The molecule has 0 saturated carbocycles. The van der Waals surface area contributed by atoms with Gasteiger partial charge in [0.05, 0.1) is 6.42 Å². The van der Waals surface area contributed by atoms with Crippen LogP contribution in [-0.2, 0) is 19.2 Å². The van der Waals surface area contributed by atoms with Crippen LogP contribution in [0.4, 0.5) is 0 Å². The normalized spacial score (nSPS) is 17.2. The maximum atomic E-state index is 11.5. The maximum absolute atomic E-state index is 11.5. The number of nitrogens with zero attached hydrogens (tertiary/aromatic N) is 1. The number of likely N-dealkylation sites (tertiary alicyclic amines) is 1. The van der Waals surface area contributed by atoms with E-state index in [9.17, 15) is 14.4 Å². The fourth-order valence-corrected chi connectivity index (χ4v) is 1.53. The molecule has 0 aliphatic carbocycles.